The van der Waals surface area contributed by atoms with Crippen LogP contribution in [0.25, 0.3) is 0 Å². The molecule has 122 valence electrons. The molecular formula is C20H25NO2. The Bertz CT molecular complexity index is 652. The topological polar surface area (TPSA) is 21.7 Å². The second-order valence-electron chi connectivity index (χ2n) is 6.15. The van der Waals surface area contributed by atoms with Gasteiger partial charge in [-0.1, -0.05) is 30.3 Å². The molecule has 1 heterocycles. The van der Waals surface area contributed by atoms with Crippen molar-refractivity contribution in [2.45, 2.75) is 32.4 Å². The van der Waals surface area contributed by atoms with Gasteiger partial charge in [0.2, 0.25) is 0 Å². The Balaban J connectivity index is 1.95. The molecule has 0 saturated carbocycles. The first-order valence-electron chi connectivity index (χ1n) is 8.21. The molecule has 0 fully saturated rings. The summed E-state index contributed by atoms with van der Waals surface area (Å²) in [7, 11) is 3.44. The van der Waals surface area contributed by atoms with Crippen LogP contribution >= 0.6 is 0 Å². The van der Waals surface area contributed by atoms with E-state index in [1.54, 1.807) is 14.2 Å². The third-order valence-corrected chi connectivity index (χ3v) is 4.99. The quantitative estimate of drug-likeness (QED) is 0.836. The van der Waals surface area contributed by atoms with Crippen molar-refractivity contribution in [1.29, 1.82) is 0 Å². The SMILES string of the molecule is COc1cc2c(c(OC)c1)[C@@H](C)N([C@H](C)c1ccccc1)CC2. The van der Waals surface area contributed by atoms with Crippen LogP contribution < -0.4 is 9.47 Å². The Labute approximate surface area is 138 Å². The van der Waals surface area contributed by atoms with Gasteiger partial charge in [0, 0.05) is 30.3 Å². The maximum Gasteiger partial charge on any atom is 0.127 e. The molecule has 3 nitrogen and oxygen atoms in total. The fourth-order valence-electron chi connectivity index (χ4n) is 3.69. The Morgan fingerprint density at radius 1 is 1.09 bits per heavy atom. The van der Waals surface area contributed by atoms with E-state index in [0.29, 0.717) is 12.1 Å². The molecule has 0 spiro atoms. The predicted octanol–water partition coefficient (Wildman–Crippen LogP) is 4.38. The van der Waals surface area contributed by atoms with E-state index in [9.17, 15) is 0 Å². The Morgan fingerprint density at radius 2 is 1.83 bits per heavy atom. The molecule has 0 saturated heterocycles. The lowest BCUT2D eigenvalue weighted by molar-refractivity contribution is 0.141. The molecule has 0 radical (unpaired) electrons. The number of methoxy groups -OCH3 is 2. The second kappa shape index (κ2) is 6.63. The molecule has 2 aromatic carbocycles. The standard InChI is InChI=1S/C20H25NO2/c1-14(16-8-6-5-7-9-16)21-11-10-17-12-18(22-3)13-19(23-4)20(17)15(21)2/h5-9,12-15H,10-11H2,1-4H3/t14-,15-/m1/s1. The number of hydrogen-bond acceptors (Lipinski definition) is 3. The van der Waals surface area contributed by atoms with E-state index in [2.05, 4.69) is 55.1 Å². The number of rotatable bonds is 4. The molecule has 3 heteroatoms. The van der Waals surface area contributed by atoms with Gasteiger partial charge in [0.05, 0.1) is 14.2 Å². The molecule has 1 aliphatic rings. The first-order valence-corrected chi connectivity index (χ1v) is 8.21. The zero-order valence-electron chi connectivity index (χ0n) is 14.4. The first kappa shape index (κ1) is 15.9. The summed E-state index contributed by atoms with van der Waals surface area (Å²) in [6, 6.07) is 15.5. The van der Waals surface area contributed by atoms with Crippen molar-refractivity contribution in [2.24, 2.45) is 0 Å². The summed E-state index contributed by atoms with van der Waals surface area (Å²) in [5, 5.41) is 0. The van der Waals surface area contributed by atoms with E-state index in [-0.39, 0.29) is 0 Å². The third kappa shape index (κ3) is 2.93. The molecule has 23 heavy (non-hydrogen) atoms. The Morgan fingerprint density at radius 3 is 2.48 bits per heavy atom. The van der Waals surface area contributed by atoms with Crippen molar-refractivity contribution in [1.82, 2.24) is 4.90 Å². The molecule has 3 rings (SSSR count). The summed E-state index contributed by atoms with van der Waals surface area (Å²) < 4.78 is 11.1. The number of nitrogens with zero attached hydrogens (tertiary/aromatic N) is 1. The van der Waals surface area contributed by atoms with Crippen molar-refractivity contribution in [3.63, 3.8) is 0 Å². The molecule has 2 aromatic rings. The summed E-state index contributed by atoms with van der Waals surface area (Å²) in [5.74, 6) is 1.80. The monoisotopic (exact) mass is 311 g/mol. The molecule has 0 aliphatic carbocycles. The highest BCUT2D eigenvalue weighted by molar-refractivity contribution is 5.49. The first-order chi connectivity index (χ1) is 11.2. The number of ether oxygens (including phenoxy) is 2. The van der Waals surface area contributed by atoms with Crippen LogP contribution in [0, 0.1) is 0 Å². The second-order valence-corrected chi connectivity index (χ2v) is 6.15. The highest BCUT2D eigenvalue weighted by Crippen LogP contribution is 2.42. The van der Waals surface area contributed by atoms with Gasteiger partial charge < -0.3 is 9.47 Å². The number of benzene rings is 2. The van der Waals surface area contributed by atoms with Crippen LogP contribution in [0.15, 0.2) is 42.5 Å². The molecule has 0 N–H and O–H groups in total. The molecule has 0 aromatic heterocycles. The zero-order valence-corrected chi connectivity index (χ0v) is 14.4. The molecule has 0 bridgehead atoms. The highest BCUT2D eigenvalue weighted by atomic mass is 16.5. The lowest BCUT2D eigenvalue weighted by atomic mass is 9.90. The van der Waals surface area contributed by atoms with Gasteiger partial charge >= 0.3 is 0 Å². The van der Waals surface area contributed by atoms with E-state index in [1.807, 2.05) is 6.07 Å². The van der Waals surface area contributed by atoms with E-state index < -0.39 is 0 Å². The number of fused-ring (bicyclic) bond motifs is 1. The van der Waals surface area contributed by atoms with Gasteiger partial charge in [-0.2, -0.15) is 0 Å². The fourth-order valence-corrected chi connectivity index (χ4v) is 3.69. The largest absolute Gasteiger partial charge is 0.497 e. The normalized spacial score (nSPS) is 19.0. The van der Waals surface area contributed by atoms with Gasteiger partial charge in [0.25, 0.3) is 0 Å². The van der Waals surface area contributed by atoms with Crippen LogP contribution in [0.4, 0.5) is 0 Å². The van der Waals surface area contributed by atoms with Crippen molar-refractivity contribution in [2.75, 3.05) is 20.8 Å². The summed E-state index contributed by atoms with van der Waals surface area (Å²) >= 11 is 0. The van der Waals surface area contributed by atoms with E-state index in [4.69, 9.17) is 9.47 Å². The van der Waals surface area contributed by atoms with Crippen molar-refractivity contribution >= 4 is 0 Å². The Hall–Kier alpha value is -2.00. The van der Waals surface area contributed by atoms with Crippen LogP contribution in [0.2, 0.25) is 0 Å². The summed E-state index contributed by atoms with van der Waals surface area (Å²) in [4.78, 5) is 2.55. The highest BCUT2D eigenvalue weighted by Gasteiger charge is 2.31. The average molecular weight is 311 g/mol. The van der Waals surface area contributed by atoms with Crippen LogP contribution in [-0.4, -0.2) is 25.7 Å². The lowest BCUT2D eigenvalue weighted by Gasteiger charge is -2.40. The van der Waals surface area contributed by atoms with Gasteiger partial charge in [-0.15, -0.1) is 0 Å². The maximum atomic E-state index is 5.65. The minimum Gasteiger partial charge on any atom is -0.497 e. The van der Waals surface area contributed by atoms with Gasteiger partial charge in [-0.3, -0.25) is 4.90 Å². The predicted molar refractivity (Wildman–Crippen MR) is 93.2 cm³/mol. The maximum absolute atomic E-state index is 5.65. The van der Waals surface area contributed by atoms with Crippen molar-refractivity contribution in [3.05, 3.63) is 59.2 Å². The summed E-state index contributed by atoms with van der Waals surface area (Å²) in [5.41, 5.74) is 3.99. The van der Waals surface area contributed by atoms with Gasteiger partial charge in [0.15, 0.2) is 0 Å². The molecular weight excluding hydrogens is 286 g/mol. The fraction of sp³-hybridized carbons (Fsp3) is 0.400. The van der Waals surface area contributed by atoms with Gasteiger partial charge in [-0.05, 0) is 37.5 Å². The van der Waals surface area contributed by atoms with Crippen molar-refractivity contribution < 1.29 is 9.47 Å². The van der Waals surface area contributed by atoms with E-state index >= 15 is 0 Å². The van der Waals surface area contributed by atoms with Gasteiger partial charge in [0.1, 0.15) is 11.5 Å². The van der Waals surface area contributed by atoms with Gasteiger partial charge in [-0.25, -0.2) is 0 Å². The van der Waals surface area contributed by atoms with Crippen LogP contribution in [0.1, 0.15) is 42.6 Å². The Kier molecular flexibility index (Phi) is 4.58. The average Bonchev–Trinajstić information content (AvgIpc) is 2.61. The third-order valence-electron chi connectivity index (χ3n) is 4.99. The minimum absolute atomic E-state index is 0.315. The summed E-state index contributed by atoms with van der Waals surface area (Å²) in [6.45, 7) is 5.60. The molecule has 0 amide bonds. The van der Waals surface area contributed by atoms with Crippen LogP contribution in [0.5, 0.6) is 11.5 Å². The van der Waals surface area contributed by atoms with Crippen LogP contribution in [0.3, 0.4) is 0 Å². The minimum atomic E-state index is 0.315. The number of hydrogen-bond donors (Lipinski definition) is 0. The summed E-state index contributed by atoms with van der Waals surface area (Å²) in [6.07, 6.45) is 1.02. The zero-order chi connectivity index (χ0) is 16.4. The smallest absolute Gasteiger partial charge is 0.127 e. The molecule has 0 unspecified atom stereocenters. The van der Waals surface area contributed by atoms with Crippen molar-refractivity contribution in [3.8, 4) is 11.5 Å². The van der Waals surface area contributed by atoms with E-state index in [0.717, 1.165) is 24.5 Å². The molecule has 2 atom stereocenters. The van der Waals surface area contributed by atoms with Crippen LogP contribution in [-0.2, 0) is 6.42 Å². The molecule has 1 aliphatic heterocycles. The lowest BCUT2D eigenvalue weighted by Crippen LogP contribution is -2.36. The van der Waals surface area contributed by atoms with E-state index in [1.165, 1.54) is 16.7 Å².